The van der Waals surface area contributed by atoms with Crippen LogP contribution >= 0.6 is 0 Å². The standard InChI is InChI=1S/C21H34N4O/c1-17-8-9-18(2)20(15-17)23-21(26)25(19-7-6-10-22-16-19)14-13-24-11-4-3-5-12-24/h8-9,15,19,22H,3-7,10-14,16H2,1-2H3,(H,23,26). The average molecular weight is 359 g/mol. The van der Waals surface area contributed by atoms with Gasteiger partial charge >= 0.3 is 6.03 Å². The monoisotopic (exact) mass is 358 g/mol. The fraction of sp³-hybridized carbons (Fsp3) is 0.667. The van der Waals surface area contributed by atoms with E-state index in [1.807, 2.05) is 0 Å². The lowest BCUT2D eigenvalue weighted by atomic mass is 10.1. The van der Waals surface area contributed by atoms with Crippen LogP contribution in [0.4, 0.5) is 10.5 Å². The first-order valence-electron chi connectivity index (χ1n) is 10.2. The SMILES string of the molecule is Cc1ccc(C)c(NC(=O)N(CCN2CCCCC2)C2CCCNC2)c1. The van der Waals surface area contributed by atoms with Gasteiger partial charge < -0.3 is 20.4 Å². The molecule has 2 saturated heterocycles. The number of amides is 2. The zero-order chi connectivity index (χ0) is 18.4. The summed E-state index contributed by atoms with van der Waals surface area (Å²) >= 11 is 0. The molecule has 2 amide bonds. The van der Waals surface area contributed by atoms with Crippen molar-refractivity contribution >= 4 is 11.7 Å². The number of likely N-dealkylation sites (tertiary alicyclic amines) is 1. The molecule has 0 bridgehead atoms. The number of piperidine rings is 2. The highest BCUT2D eigenvalue weighted by Crippen LogP contribution is 2.19. The van der Waals surface area contributed by atoms with Gasteiger partial charge in [-0.15, -0.1) is 0 Å². The Kier molecular flexibility index (Phi) is 6.92. The summed E-state index contributed by atoms with van der Waals surface area (Å²) in [6, 6.07) is 6.56. The molecule has 2 aliphatic heterocycles. The van der Waals surface area contributed by atoms with Gasteiger partial charge in [0.05, 0.1) is 0 Å². The maximum Gasteiger partial charge on any atom is 0.322 e. The zero-order valence-electron chi connectivity index (χ0n) is 16.4. The molecule has 0 saturated carbocycles. The Hall–Kier alpha value is -1.59. The maximum absolute atomic E-state index is 13.1. The predicted molar refractivity (Wildman–Crippen MR) is 108 cm³/mol. The number of rotatable bonds is 5. The molecule has 26 heavy (non-hydrogen) atoms. The normalized spacial score (nSPS) is 21.4. The number of hydrogen-bond acceptors (Lipinski definition) is 3. The van der Waals surface area contributed by atoms with Gasteiger partial charge in [0.2, 0.25) is 0 Å². The molecule has 1 unspecified atom stereocenters. The Morgan fingerprint density at radius 2 is 2.04 bits per heavy atom. The van der Waals surface area contributed by atoms with Crippen molar-refractivity contribution in [3.8, 4) is 0 Å². The second-order valence-corrected chi connectivity index (χ2v) is 7.84. The number of nitrogens with zero attached hydrogens (tertiary/aromatic N) is 2. The lowest BCUT2D eigenvalue weighted by Crippen LogP contribution is -2.52. The molecule has 1 aromatic rings. The van der Waals surface area contributed by atoms with Crippen LogP contribution in [0, 0.1) is 13.8 Å². The first-order chi connectivity index (χ1) is 12.6. The van der Waals surface area contributed by atoms with Crippen LogP contribution in [-0.4, -0.2) is 61.1 Å². The topological polar surface area (TPSA) is 47.6 Å². The van der Waals surface area contributed by atoms with Crippen LogP contribution < -0.4 is 10.6 Å². The van der Waals surface area contributed by atoms with Crippen molar-refractivity contribution < 1.29 is 4.79 Å². The van der Waals surface area contributed by atoms with Crippen LogP contribution in [-0.2, 0) is 0 Å². The number of anilines is 1. The first kappa shape index (κ1) is 19.2. The molecule has 0 aromatic heterocycles. The van der Waals surface area contributed by atoms with E-state index in [4.69, 9.17) is 0 Å². The molecule has 3 rings (SSSR count). The van der Waals surface area contributed by atoms with E-state index < -0.39 is 0 Å². The molecule has 2 aliphatic rings. The highest BCUT2D eigenvalue weighted by atomic mass is 16.2. The van der Waals surface area contributed by atoms with Crippen molar-refractivity contribution in [2.24, 2.45) is 0 Å². The summed E-state index contributed by atoms with van der Waals surface area (Å²) in [6.07, 6.45) is 6.16. The molecule has 1 aromatic carbocycles. The molecule has 0 spiro atoms. The van der Waals surface area contributed by atoms with Crippen LogP contribution in [0.5, 0.6) is 0 Å². The van der Waals surface area contributed by atoms with E-state index >= 15 is 0 Å². The van der Waals surface area contributed by atoms with Crippen molar-refractivity contribution in [3.63, 3.8) is 0 Å². The van der Waals surface area contributed by atoms with Crippen LogP contribution in [0.2, 0.25) is 0 Å². The molecule has 0 aliphatic carbocycles. The van der Waals surface area contributed by atoms with Crippen LogP contribution in [0.25, 0.3) is 0 Å². The van der Waals surface area contributed by atoms with Gasteiger partial charge in [-0.3, -0.25) is 0 Å². The van der Waals surface area contributed by atoms with E-state index in [1.165, 1.54) is 37.9 Å². The van der Waals surface area contributed by atoms with E-state index in [-0.39, 0.29) is 6.03 Å². The van der Waals surface area contributed by atoms with Crippen molar-refractivity contribution in [2.45, 2.75) is 52.0 Å². The smallest absolute Gasteiger partial charge is 0.319 e. The van der Waals surface area contributed by atoms with Crippen LogP contribution in [0.15, 0.2) is 18.2 Å². The van der Waals surface area contributed by atoms with Crippen molar-refractivity contribution in [2.75, 3.05) is 44.6 Å². The lowest BCUT2D eigenvalue weighted by molar-refractivity contribution is 0.148. The molecule has 144 valence electrons. The summed E-state index contributed by atoms with van der Waals surface area (Å²) in [5.74, 6) is 0. The minimum absolute atomic E-state index is 0.0457. The van der Waals surface area contributed by atoms with Gasteiger partial charge in [-0.2, -0.15) is 0 Å². The van der Waals surface area contributed by atoms with Gasteiger partial charge in [-0.1, -0.05) is 18.6 Å². The number of benzene rings is 1. The Morgan fingerprint density at radius 1 is 1.23 bits per heavy atom. The molecule has 2 fully saturated rings. The fourth-order valence-corrected chi connectivity index (χ4v) is 4.04. The predicted octanol–water partition coefficient (Wildman–Crippen LogP) is 3.38. The Labute approximate surface area is 158 Å². The summed E-state index contributed by atoms with van der Waals surface area (Å²) in [4.78, 5) is 17.7. The third-order valence-electron chi connectivity index (χ3n) is 5.71. The summed E-state index contributed by atoms with van der Waals surface area (Å²) in [5.41, 5.74) is 3.22. The van der Waals surface area contributed by atoms with E-state index in [0.29, 0.717) is 6.04 Å². The average Bonchev–Trinajstić information content (AvgIpc) is 2.66. The molecule has 2 heterocycles. The number of nitrogens with one attached hydrogen (secondary N) is 2. The van der Waals surface area contributed by atoms with E-state index in [0.717, 1.165) is 50.3 Å². The van der Waals surface area contributed by atoms with E-state index in [1.54, 1.807) is 0 Å². The summed E-state index contributed by atoms with van der Waals surface area (Å²) in [7, 11) is 0. The van der Waals surface area contributed by atoms with Crippen LogP contribution in [0.1, 0.15) is 43.2 Å². The number of carbonyl (C=O) groups excluding carboxylic acids is 1. The van der Waals surface area contributed by atoms with Crippen LogP contribution in [0.3, 0.4) is 0 Å². The second kappa shape index (κ2) is 9.38. The number of hydrogen-bond donors (Lipinski definition) is 2. The van der Waals surface area contributed by atoms with Crippen molar-refractivity contribution in [1.82, 2.24) is 15.1 Å². The van der Waals surface area contributed by atoms with Crippen molar-refractivity contribution in [3.05, 3.63) is 29.3 Å². The Bertz CT molecular complexity index is 592. The van der Waals surface area contributed by atoms with Gasteiger partial charge in [0, 0.05) is 31.4 Å². The van der Waals surface area contributed by atoms with Crippen molar-refractivity contribution in [1.29, 1.82) is 0 Å². The molecular weight excluding hydrogens is 324 g/mol. The van der Waals surface area contributed by atoms with Gasteiger partial charge in [0.1, 0.15) is 0 Å². The molecule has 5 nitrogen and oxygen atoms in total. The van der Waals surface area contributed by atoms with Gasteiger partial charge in [0.25, 0.3) is 0 Å². The minimum atomic E-state index is 0.0457. The Morgan fingerprint density at radius 3 is 2.77 bits per heavy atom. The molecular formula is C21H34N4O. The summed E-state index contributed by atoms with van der Waals surface area (Å²) in [6.45, 7) is 10.2. The third-order valence-corrected chi connectivity index (χ3v) is 5.71. The highest BCUT2D eigenvalue weighted by Gasteiger charge is 2.26. The van der Waals surface area contributed by atoms with E-state index in [2.05, 4.69) is 52.5 Å². The zero-order valence-corrected chi connectivity index (χ0v) is 16.4. The quantitative estimate of drug-likeness (QED) is 0.848. The van der Waals surface area contributed by atoms with E-state index in [9.17, 15) is 4.79 Å². The minimum Gasteiger partial charge on any atom is -0.319 e. The largest absolute Gasteiger partial charge is 0.322 e. The lowest BCUT2D eigenvalue weighted by Gasteiger charge is -2.37. The van der Waals surface area contributed by atoms with Gasteiger partial charge in [0.15, 0.2) is 0 Å². The molecule has 0 radical (unpaired) electrons. The molecule has 5 heteroatoms. The van der Waals surface area contributed by atoms with Gasteiger partial charge in [-0.25, -0.2) is 4.79 Å². The van der Waals surface area contributed by atoms with Gasteiger partial charge in [-0.05, 0) is 76.4 Å². The molecule has 1 atom stereocenters. The third kappa shape index (κ3) is 5.21. The summed E-state index contributed by atoms with van der Waals surface area (Å²) in [5, 5.41) is 6.63. The number of urea groups is 1. The number of carbonyl (C=O) groups is 1. The number of aryl methyl sites for hydroxylation is 2. The maximum atomic E-state index is 13.1. The summed E-state index contributed by atoms with van der Waals surface area (Å²) < 4.78 is 0. The first-order valence-corrected chi connectivity index (χ1v) is 10.2. The molecule has 2 N–H and O–H groups in total. The Balaban J connectivity index is 1.66. The second-order valence-electron chi connectivity index (χ2n) is 7.84. The highest BCUT2D eigenvalue weighted by molar-refractivity contribution is 5.90. The fourth-order valence-electron chi connectivity index (χ4n) is 4.04.